The number of piperidine rings is 1. The molecule has 2 aromatic rings. The molecule has 1 fully saturated rings. The van der Waals surface area contributed by atoms with Crippen LogP contribution in [0.15, 0.2) is 47.4 Å². The topological polar surface area (TPSA) is 65.6 Å². The predicted molar refractivity (Wildman–Crippen MR) is 99.8 cm³/mol. The third kappa shape index (κ3) is 2.59. The van der Waals surface area contributed by atoms with Crippen LogP contribution in [0.4, 0.5) is 5.69 Å². The van der Waals surface area contributed by atoms with Crippen LogP contribution in [0.5, 0.6) is 0 Å². The lowest BCUT2D eigenvalue weighted by atomic mass is 9.89. The van der Waals surface area contributed by atoms with Crippen molar-refractivity contribution in [3.63, 3.8) is 0 Å². The highest BCUT2D eigenvalue weighted by molar-refractivity contribution is 7.92. The summed E-state index contributed by atoms with van der Waals surface area (Å²) in [5, 5.41) is 9.14. The average Bonchev–Trinajstić information content (AvgIpc) is 2.95. The van der Waals surface area contributed by atoms with Gasteiger partial charge in [0, 0.05) is 6.42 Å². The molecule has 5 nitrogen and oxygen atoms in total. The van der Waals surface area contributed by atoms with Crippen molar-refractivity contribution >= 4 is 15.7 Å². The molecule has 2 aliphatic heterocycles. The highest BCUT2D eigenvalue weighted by atomic mass is 32.2. The molecule has 2 aliphatic rings. The third-order valence-corrected chi connectivity index (χ3v) is 7.38. The number of rotatable bonds is 2. The van der Waals surface area contributed by atoms with Crippen molar-refractivity contribution in [1.29, 1.82) is 5.26 Å². The number of anilines is 1. The van der Waals surface area contributed by atoms with Gasteiger partial charge in [-0.2, -0.15) is 5.26 Å². The van der Waals surface area contributed by atoms with E-state index in [1.807, 2.05) is 25.1 Å². The van der Waals surface area contributed by atoms with Crippen molar-refractivity contribution in [1.82, 2.24) is 0 Å². The molecule has 0 amide bonds. The molecule has 4 rings (SSSR count). The van der Waals surface area contributed by atoms with Crippen LogP contribution in [0.25, 0.3) is 0 Å². The molecule has 0 radical (unpaired) electrons. The van der Waals surface area contributed by atoms with Crippen LogP contribution in [-0.2, 0) is 10.0 Å². The molecule has 134 valence electrons. The van der Waals surface area contributed by atoms with E-state index in [2.05, 4.69) is 13.1 Å². The molecular formula is C20H22N3O2S+. The number of hydrogen-bond donors (Lipinski definition) is 1. The van der Waals surface area contributed by atoms with Gasteiger partial charge in [0.15, 0.2) is 0 Å². The van der Waals surface area contributed by atoms with Crippen molar-refractivity contribution in [3.05, 3.63) is 59.2 Å². The van der Waals surface area contributed by atoms with Crippen molar-refractivity contribution < 1.29 is 13.3 Å². The Morgan fingerprint density at radius 3 is 2.81 bits per heavy atom. The Morgan fingerprint density at radius 1 is 1.23 bits per heavy atom. The summed E-state index contributed by atoms with van der Waals surface area (Å²) in [7, 11) is -1.55. The van der Waals surface area contributed by atoms with Gasteiger partial charge in [0.1, 0.15) is 0 Å². The van der Waals surface area contributed by atoms with Gasteiger partial charge in [-0.15, -0.1) is 0 Å². The molecule has 6 heteroatoms. The number of nitrogens with zero attached hydrogens (tertiary/aromatic N) is 2. The fourth-order valence-electron chi connectivity index (χ4n) is 4.30. The first-order chi connectivity index (χ1) is 12.4. The van der Waals surface area contributed by atoms with Crippen molar-refractivity contribution in [2.24, 2.45) is 0 Å². The van der Waals surface area contributed by atoms with Gasteiger partial charge in [0.2, 0.25) is 0 Å². The van der Waals surface area contributed by atoms with E-state index in [1.165, 1.54) is 11.0 Å². The number of hydrogen-bond acceptors (Lipinski definition) is 3. The molecule has 0 saturated carbocycles. The Bertz CT molecular complexity index is 1010. The van der Waals surface area contributed by atoms with E-state index < -0.39 is 10.0 Å². The summed E-state index contributed by atoms with van der Waals surface area (Å²) in [6.45, 7) is 3.94. The lowest BCUT2D eigenvalue weighted by Crippen LogP contribution is -3.11. The minimum Gasteiger partial charge on any atom is -0.337 e. The fourth-order valence-corrected chi connectivity index (χ4v) is 6.09. The number of aryl methyl sites for hydroxylation is 1. The maximum absolute atomic E-state index is 13.5. The van der Waals surface area contributed by atoms with Crippen LogP contribution in [0, 0.1) is 18.3 Å². The molecule has 0 bridgehead atoms. The molecule has 1 unspecified atom stereocenters. The second kappa shape index (κ2) is 6.11. The maximum atomic E-state index is 13.5. The van der Waals surface area contributed by atoms with Gasteiger partial charge in [0.25, 0.3) is 10.0 Å². The Labute approximate surface area is 154 Å². The van der Waals surface area contributed by atoms with Crippen LogP contribution in [0.1, 0.15) is 29.0 Å². The average molecular weight is 368 g/mol. The fraction of sp³-hybridized carbons (Fsp3) is 0.350. The normalized spacial score (nSPS) is 24.7. The van der Waals surface area contributed by atoms with E-state index in [4.69, 9.17) is 5.26 Å². The Morgan fingerprint density at radius 2 is 2.04 bits per heavy atom. The number of nitriles is 1. The monoisotopic (exact) mass is 368 g/mol. The molecule has 3 atom stereocenters. The lowest BCUT2D eigenvalue weighted by Gasteiger charge is -2.34. The molecule has 0 aliphatic carbocycles. The highest BCUT2D eigenvalue weighted by Crippen LogP contribution is 2.45. The van der Waals surface area contributed by atoms with Gasteiger partial charge < -0.3 is 4.90 Å². The zero-order chi connectivity index (χ0) is 18.5. The number of nitrogens with one attached hydrogen (secondary N) is 1. The standard InChI is InChI=1S/C20H21N3O2S/c1-14-6-7-19-17(10-14)18-13-22(2)9-8-20(18)23(19)26(24,25)16-5-3-4-15(11-16)12-21/h3-7,10-11,18,20H,8-9,13H2,1-2H3/p+1/t18-,20-/m0/s1. The van der Waals surface area contributed by atoms with E-state index in [9.17, 15) is 8.42 Å². The smallest absolute Gasteiger partial charge is 0.264 e. The van der Waals surface area contributed by atoms with Gasteiger partial charge in [-0.25, -0.2) is 8.42 Å². The lowest BCUT2D eigenvalue weighted by molar-refractivity contribution is -0.886. The Hall–Kier alpha value is -2.36. The molecule has 2 heterocycles. The molecular weight excluding hydrogens is 346 g/mol. The van der Waals surface area contributed by atoms with E-state index in [1.54, 1.807) is 22.5 Å². The quantitative estimate of drug-likeness (QED) is 0.872. The first-order valence-electron chi connectivity index (χ1n) is 8.88. The second-order valence-corrected chi connectivity index (χ2v) is 9.19. The van der Waals surface area contributed by atoms with E-state index in [0.717, 1.165) is 36.3 Å². The third-order valence-electron chi connectivity index (χ3n) is 5.54. The summed E-state index contributed by atoms with van der Waals surface area (Å²) < 4.78 is 28.6. The number of likely N-dealkylation sites (tertiary alicyclic amines) is 1. The Balaban J connectivity index is 1.86. The summed E-state index contributed by atoms with van der Waals surface area (Å²) in [6, 6.07) is 14.3. The minimum atomic E-state index is -3.71. The van der Waals surface area contributed by atoms with Crippen LogP contribution in [0.3, 0.4) is 0 Å². The largest absolute Gasteiger partial charge is 0.337 e. The minimum absolute atomic E-state index is 0.0498. The maximum Gasteiger partial charge on any atom is 0.264 e. The van der Waals surface area contributed by atoms with Gasteiger partial charge in [-0.3, -0.25) is 4.31 Å². The van der Waals surface area contributed by atoms with Crippen LogP contribution < -0.4 is 9.21 Å². The molecule has 1 saturated heterocycles. The summed E-state index contributed by atoms with van der Waals surface area (Å²) in [6.07, 6.45) is 0.835. The Kier molecular flexibility index (Phi) is 4.02. The molecule has 26 heavy (non-hydrogen) atoms. The molecule has 0 aromatic heterocycles. The summed E-state index contributed by atoms with van der Waals surface area (Å²) in [5.41, 5.74) is 3.44. The van der Waals surface area contributed by atoms with Gasteiger partial charge in [-0.05, 0) is 36.8 Å². The predicted octanol–water partition coefficient (Wildman–Crippen LogP) is 1.45. The molecule has 0 spiro atoms. The first-order valence-corrected chi connectivity index (χ1v) is 10.3. The van der Waals surface area contributed by atoms with Crippen molar-refractivity contribution in [2.45, 2.75) is 30.2 Å². The van der Waals surface area contributed by atoms with E-state index in [-0.39, 0.29) is 16.9 Å². The van der Waals surface area contributed by atoms with Gasteiger partial charge >= 0.3 is 0 Å². The van der Waals surface area contributed by atoms with Crippen LogP contribution >= 0.6 is 0 Å². The molecule has 2 aromatic carbocycles. The van der Waals surface area contributed by atoms with E-state index in [0.29, 0.717) is 5.56 Å². The van der Waals surface area contributed by atoms with Crippen LogP contribution in [-0.4, -0.2) is 34.6 Å². The van der Waals surface area contributed by atoms with Gasteiger partial charge in [-0.1, -0.05) is 23.8 Å². The number of sulfonamides is 1. The van der Waals surface area contributed by atoms with Crippen LogP contribution in [0.2, 0.25) is 0 Å². The zero-order valence-corrected chi connectivity index (χ0v) is 15.8. The number of benzene rings is 2. The summed E-state index contributed by atoms with van der Waals surface area (Å²) in [4.78, 5) is 1.62. The van der Waals surface area contributed by atoms with E-state index >= 15 is 0 Å². The van der Waals surface area contributed by atoms with Gasteiger partial charge in [0.05, 0.1) is 54.3 Å². The van der Waals surface area contributed by atoms with Crippen molar-refractivity contribution in [3.8, 4) is 6.07 Å². The SMILES string of the molecule is Cc1ccc2c(c1)[C@@H]1C[NH+](C)CC[C@@H]1N2S(=O)(=O)c1cccc(C#N)c1. The summed E-state index contributed by atoms with van der Waals surface area (Å²) >= 11 is 0. The van der Waals surface area contributed by atoms with Crippen molar-refractivity contribution in [2.75, 3.05) is 24.4 Å². The number of fused-ring (bicyclic) bond motifs is 3. The second-order valence-electron chi connectivity index (χ2n) is 7.38. The number of quaternary nitrogens is 1. The zero-order valence-electron chi connectivity index (χ0n) is 14.9. The summed E-state index contributed by atoms with van der Waals surface area (Å²) in [5.74, 6) is 0.215. The molecule has 1 N–H and O–H groups in total. The number of likely N-dealkylation sites (N-methyl/N-ethyl adjacent to an activating group) is 1. The highest BCUT2D eigenvalue weighted by Gasteiger charge is 2.48. The first kappa shape index (κ1) is 17.1.